The number of carboxylic acids is 1. The maximum absolute atomic E-state index is 12.0. The van der Waals surface area contributed by atoms with E-state index in [2.05, 4.69) is 4.72 Å². The second-order valence-electron chi connectivity index (χ2n) is 3.88. The minimum Gasteiger partial charge on any atom is -0.480 e. The summed E-state index contributed by atoms with van der Waals surface area (Å²) in [4.78, 5) is 11.9. The lowest BCUT2D eigenvalue weighted by atomic mass is 10.2. The Morgan fingerprint density at radius 3 is 2.56 bits per heavy atom. The highest BCUT2D eigenvalue weighted by Crippen LogP contribution is 2.22. The standard InChI is InChI=1S/C11H17NO4S2/c1-3-5-9(11(13)14)12-18(15,16)10-7-6-8(4-2)17-10/h6-7,9,12H,3-5H2,1-2H3,(H,13,14)/t9-/m0/s1. The summed E-state index contributed by atoms with van der Waals surface area (Å²) in [6.07, 6.45) is 1.64. The number of carbonyl (C=O) groups is 1. The van der Waals surface area contributed by atoms with Gasteiger partial charge in [-0.2, -0.15) is 4.72 Å². The molecule has 0 fully saturated rings. The minimum absolute atomic E-state index is 0.168. The Morgan fingerprint density at radius 2 is 2.11 bits per heavy atom. The van der Waals surface area contributed by atoms with Crippen molar-refractivity contribution in [1.82, 2.24) is 4.72 Å². The smallest absolute Gasteiger partial charge is 0.321 e. The van der Waals surface area contributed by atoms with Crippen molar-refractivity contribution in [1.29, 1.82) is 0 Å². The van der Waals surface area contributed by atoms with Crippen molar-refractivity contribution in [3.8, 4) is 0 Å². The molecule has 0 unspecified atom stereocenters. The maximum atomic E-state index is 12.0. The molecule has 7 heteroatoms. The number of carboxylic acid groups (broad SMARTS) is 1. The number of hydrogen-bond acceptors (Lipinski definition) is 4. The van der Waals surface area contributed by atoms with E-state index in [0.717, 1.165) is 11.3 Å². The molecule has 0 saturated heterocycles. The summed E-state index contributed by atoms with van der Waals surface area (Å²) in [6, 6.07) is 2.19. The lowest BCUT2D eigenvalue weighted by Gasteiger charge is -2.12. The Morgan fingerprint density at radius 1 is 1.44 bits per heavy atom. The zero-order valence-corrected chi connectivity index (χ0v) is 12.0. The Hall–Kier alpha value is -0.920. The van der Waals surface area contributed by atoms with Crippen LogP contribution < -0.4 is 4.72 Å². The van der Waals surface area contributed by atoms with E-state index in [1.165, 1.54) is 17.4 Å². The Labute approximate surface area is 111 Å². The lowest BCUT2D eigenvalue weighted by molar-refractivity contribution is -0.139. The zero-order valence-electron chi connectivity index (χ0n) is 10.3. The first-order chi connectivity index (χ1) is 8.40. The molecule has 1 atom stereocenters. The molecule has 0 radical (unpaired) electrons. The molecule has 102 valence electrons. The van der Waals surface area contributed by atoms with Gasteiger partial charge < -0.3 is 5.11 Å². The van der Waals surface area contributed by atoms with Crippen LogP contribution in [-0.2, 0) is 21.2 Å². The highest BCUT2D eigenvalue weighted by Gasteiger charge is 2.25. The largest absolute Gasteiger partial charge is 0.480 e. The summed E-state index contributed by atoms with van der Waals surface area (Å²) in [6.45, 7) is 3.75. The number of hydrogen-bond donors (Lipinski definition) is 2. The molecule has 0 spiro atoms. The third-order valence-corrected chi connectivity index (χ3v) is 5.62. The summed E-state index contributed by atoms with van der Waals surface area (Å²) in [5.41, 5.74) is 0. The highest BCUT2D eigenvalue weighted by molar-refractivity contribution is 7.91. The number of aryl methyl sites for hydroxylation is 1. The molecular weight excluding hydrogens is 274 g/mol. The van der Waals surface area contributed by atoms with Crippen LogP contribution in [0, 0.1) is 0 Å². The van der Waals surface area contributed by atoms with Gasteiger partial charge in [-0.1, -0.05) is 20.3 Å². The molecule has 0 aliphatic heterocycles. The fourth-order valence-electron chi connectivity index (χ4n) is 1.46. The number of rotatable bonds is 7. The van der Waals surface area contributed by atoms with E-state index in [0.29, 0.717) is 6.42 Å². The van der Waals surface area contributed by atoms with Crippen molar-refractivity contribution in [3.05, 3.63) is 17.0 Å². The Kier molecular flexibility index (Phi) is 5.30. The average Bonchev–Trinajstić information content (AvgIpc) is 2.77. The van der Waals surface area contributed by atoms with E-state index in [4.69, 9.17) is 5.11 Å². The van der Waals surface area contributed by atoms with Crippen molar-refractivity contribution in [2.75, 3.05) is 0 Å². The van der Waals surface area contributed by atoms with Gasteiger partial charge >= 0.3 is 5.97 Å². The molecule has 1 aromatic heterocycles. The molecule has 1 heterocycles. The Bertz CT molecular complexity index is 507. The van der Waals surface area contributed by atoms with Crippen LogP contribution in [0.5, 0.6) is 0 Å². The molecule has 0 saturated carbocycles. The zero-order chi connectivity index (χ0) is 13.8. The van der Waals surface area contributed by atoms with Crippen molar-refractivity contribution < 1.29 is 18.3 Å². The predicted molar refractivity (Wildman–Crippen MR) is 70.4 cm³/mol. The molecule has 1 rings (SSSR count). The van der Waals surface area contributed by atoms with E-state index in [9.17, 15) is 13.2 Å². The van der Waals surface area contributed by atoms with Gasteiger partial charge in [0.05, 0.1) is 0 Å². The molecule has 0 bridgehead atoms. The predicted octanol–water partition coefficient (Wildman–Crippen LogP) is 1.84. The van der Waals surface area contributed by atoms with E-state index in [1.807, 2.05) is 13.8 Å². The highest BCUT2D eigenvalue weighted by atomic mass is 32.2. The molecule has 2 N–H and O–H groups in total. The number of sulfonamides is 1. The quantitative estimate of drug-likeness (QED) is 0.803. The number of thiophene rings is 1. The van der Waals surface area contributed by atoms with E-state index in [-0.39, 0.29) is 10.6 Å². The molecule has 0 amide bonds. The van der Waals surface area contributed by atoms with Crippen LogP contribution in [0.4, 0.5) is 0 Å². The van der Waals surface area contributed by atoms with Crippen LogP contribution in [0.3, 0.4) is 0 Å². The third-order valence-electron chi connectivity index (χ3n) is 2.42. The van der Waals surface area contributed by atoms with E-state index < -0.39 is 22.0 Å². The van der Waals surface area contributed by atoms with Crippen molar-refractivity contribution >= 4 is 27.3 Å². The Balaban J connectivity index is 2.89. The minimum atomic E-state index is -3.73. The second kappa shape index (κ2) is 6.31. The monoisotopic (exact) mass is 291 g/mol. The fraction of sp³-hybridized carbons (Fsp3) is 0.545. The van der Waals surface area contributed by atoms with Crippen LogP contribution in [0.2, 0.25) is 0 Å². The summed E-state index contributed by atoms with van der Waals surface area (Å²) in [5, 5.41) is 8.94. The van der Waals surface area contributed by atoms with Gasteiger partial charge in [-0.25, -0.2) is 8.42 Å². The van der Waals surface area contributed by atoms with Crippen molar-refractivity contribution in [2.45, 2.75) is 43.4 Å². The van der Waals surface area contributed by atoms with Gasteiger partial charge in [-0.15, -0.1) is 11.3 Å². The molecule has 0 aliphatic carbocycles. The maximum Gasteiger partial charge on any atom is 0.321 e. The van der Waals surface area contributed by atoms with Gasteiger partial charge in [0.15, 0.2) is 0 Å². The van der Waals surface area contributed by atoms with Gasteiger partial charge in [-0.3, -0.25) is 4.79 Å². The first-order valence-electron chi connectivity index (χ1n) is 5.74. The molecular formula is C11H17NO4S2. The van der Waals surface area contributed by atoms with Gasteiger partial charge in [0.25, 0.3) is 10.0 Å². The van der Waals surface area contributed by atoms with Crippen molar-refractivity contribution in [3.63, 3.8) is 0 Å². The fourth-order valence-corrected chi connectivity index (χ4v) is 4.00. The van der Waals surface area contributed by atoms with Crippen LogP contribution in [-0.4, -0.2) is 25.5 Å². The summed E-state index contributed by atoms with van der Waals surface area (Å²) < 4.78 is 26.4. The lowest BCUT2D eigenvalue weighted by Crippen LogP contribution is -2.40. The van der Waals surface area contributed by atoms with Crippen LogP contribution in [0.25, 0.3) is 0 Å². The van der Waals surface area contributed by atoms with Crippen LogP contribution >= 0.6 is 11.3 Å². The first kappa shape index (κ1) is 15.1. The second-order valence-corrected chi connectivity index (χ2v) is 6.98. The topological polar surface area (TPSA) is 83.5 Å². The SMILES string of the molecule is CCC[C@H](NS(=O)(=O)c1ccc(CC)s1)C(=O)O. The molecule has 0 aliphatic rings. The van der Waals surface area contributed by atoms with Gasteiger partial charge in [0.2, 0.25) is 0 Å². The third kappa shape index (κ3) is 3.79. The van der Waals surface area contributed by atoms with Crippen molar-refractivity contribution in [2.24, 2.45) is 0 Å². The van der Waals surface area contributed by atoms with E-state index >= 15 is 0 Å². The van der Waals surface area contributed by atoms with Gasteiger partial charge in [0, 0.05) is 4.88 Å². The summed E-state index contributed by atoms with van der Waals surface area (Å²) >= 11 is 1.17. The molecule has 5 nitrogen and oxygen atoms in total. The number of aliphatic carboxylic acids is 1. The summed E-state index contributed by atoms with van der Waals surface area (Å²) in [7, 11) is -3.73. The number of nitrogens with one attached hydrogen (secondary N) is 1. The summed E-state index contributed by atoms with van der Waals surface area (Å²) in [5.74, 6) is -1.15. The normalized spacial score (nSPS) is 13.4. The van der Waals surface area contributed by atoms with E-state index in [1.54, 1.807) is 6.07 Å². The molecule has 18 heavy (non-hydrogen) atoms. The molecule has 1 aromatic rings. The van der Waals surface area contributed by atoms with Gasteiger partial charge in [0.1, 0.15) is 10.3 Å². The average molecular weight is 291 g/mol. The van der Waals surface area contributed by atoms with Crippen LogP contribution in [0.1, 0.15) is 31.6 Å². The first-order valence-corrected chi connectivity index (χ1v) is 8.04. The van der Waals surface area contributed by atoms with Crippen LogP contribution in [0.15, 0.2) is 16.3 Å². The molecule has 0 aromatic carbocycles. The van der Waals surface area contributed by atoms with Gasteiger partial charge in [-0.05, 0) is 25.0 Å².